The number of amides is 1. The lowest BCUT2D eigenvalue weighted by Gasteiger charge is -2.16. The molecule has 0 saturated carbocycles. The largest absolute Gasteiger partial charge is 0.495 e. The number of benzene rings is 1. The summed E-state index contributed by atoms with van der Waals surface area (Å²) in [4.78, 5) is 43.6. The van der Waals surface area contributed by atoms with Crippen LogP contribution in [0.4, 0.5) is 11.4 Å². The predicted octanol–water partition coefficient (Wildman–Crippen LogP) is 4.56. The molecular weight excluding hydrogens is 476 g/mol. The molecule has 34 heavy (non-hydrogen) atoms. The molecule has 1 atom stereocenters. The first-order chi connectivity index (χ1) is 16.3. The number of nitro groups is 1. The predicted molar refractivity (Wildman–Crippen MR) is 134 cm³/mol. The maximum absolute atomic E-state index is 13.4. The van der Waals surface area contributed by atoms with Crippen LogP contribution in [0.5, 0.6) is 5.75 Å². The molecule has 4 rings (SSSR count). The number of fused-ring (bicyclic) bond motifs is 3. The Labute approximate surface area is 204 Å². The Hall–Kier alpha value is -3.18. The maximum atomic E-state index is 13.4. The molecule has 0 saturated heterocycles. The number of aromatic nitrogens is 2. The highest BCUT2D eigenvalue weighted by Gasteiger charge is 2.25. The van der Waals surface area contributed by atoms with Crippen LogP contribution in [0.25, 0.3) is 10.2 Å². The van der Waals surface area contributed by atoms with Crippen LogP contribution in [0.15, 0.2) is 40.8 Å². The lowest BCUT2D eigenvalue weighted by molar-refractivity contribution is -0.384. The van der Waals surface area contributed by atoms with Gasteiger partial charge in [-0.3, -0.25) is 24.3 Å². The van der Waals surface area contributed by atoms with E-state index >= 15 is 0 Å². The minimum absolute atomic E-state index is 0.111. The van der Waals surface area contributed by atoms with Crippen LogP contribution in [-0.4, -0.2) is 32.7 Å². The zero-order valence-electron chi connectivity index (χ0n) is 18.8. The molecule has 0 spiro atoms. The highest BCUT2D eigenvalue weighted by molar-refractivity contribution is 8.00. The average Bonchev–Trinajstić information content (AvgIpc) is 3.19. The van der Waals surface area contributed by atoms with Crippen LogP contribution in [-0.2, 0) is 24.2 Å². The van der Waals surface area contributed by atoms with E-state index in [2.05, 4.69) is 11.9 Å². The first kappa shape index (κ1) is 24.0. The lowest BCUT2D eigenvalue weighted by atomic mass is 9.97. The molecule has 2 heterocycles. The van der Waals surface area contributed by atoms with Gasteiger partial charge in [-0.15, -0.1) is 17.9 Å². The van der Waals surface area contributed by atoms with Gasteiger partial charge in [0.1, 0.15) is 10.6 Å². The van der Waals surface area contributed by atoms with Crippen LogP contribution in [0, 0.1) is 10.1 Å². The number of thioether (sulfide) groups is 1. The molecule has 1 N–H and O–H groups in total. The molecule has 1 aliphatic carbocycles. The number of aryl methyl sites for hydroxylation is 2. The quantitative estimate of drug-likeness (QED) is 0.158. The van der Waals surface area contributed by atoms with E-state index in [4.69, 9.17) is 9.72 Å². The number of thiophene rings is 1. The Morgan fingerprint density at radius 1 is 1.44 bits per heavy atom. The number of hydrogen-bond donors (Lipinski definition) is 1. The molecule has 1 aromatic carbocycles. The minimum Gasteiger partial charge on any atom is -0.495 e. The fourth-order valence-corrected chi connectivity index (χ4v) is 6.17. The summed E-state index contributed by atoms with van der Waals surface area (Å²) in [5.41, 5.74) is 1.04. The second-order valence-electron chi connectivity index (χ2n) is 7.88. The Morgan fingerprint density at radius 2 is 2.21 bits per heavy atom. The SMILES string of the molecule is C=CCn1c(SC(C)C(=O)Nc2cc([N+](=O)[O-])ccc2OC)nc2sc3c(c2c1=O)CCCC3. The minimum atomic E-state index is -0.640. The number of hydrogen-bond acceptors (Lipinski definition) is 8. The third-order valence-corrected chi connectivity index (χ3v) is 7.93. The van der Waals surface area contributed by atoms with Crippen molar-refractivity contribution in [2.24, 2.45) is 0 Å². The number of nitro benzene ring substituents is 1. The molecule has 178 valence electrons. The van der Waals surface area contributed by atoms with Gasteiger partial charge < -0.3 is 10.1 Å². The van der Waals surface area contributed by atoms with E-state index in [0.29, 0.717) is 21.1 Å². The number of nitrogens with one attached hydrogen (secondary N) is 1. The van der Waals surface area contributed by atoms with E-state index in [-0.39, 0.29) is 23.5 Å². The second-order valence-corrected chi connectivity index (χ2v) is 10.3. The fourth-order valence-electron chi connectivity index (χ4n) is 3.95. The van der Waals surface area contributed by atoms with Gasteiger partial charge in [0.25, 0.3) is 11.2 Å². The van der Waals surface area contributed by atoms with Gasteiger partial charge in [0.15, 0.2) is 5.16 Å². The second kappa shape index (κ2) is 9.98. The third kappa shape index (κ3) is 4.58. The van der Waals surface area contributed by atoms with E-state index in [9.17, 15) is 19.7 Å². The molecule has 0 radical (unpaired) electrons. The molecule has 2 aromatic heterocycles. The number of rotatable bonds is 8. The van der Waals surface area contributed by atoms with Crippen LogP contribution in [0.1, 0.15) is 30.2 Å². The highest BCUT2D eigenvalue weighted by atomic mass is 32.2. The van der Waals surface area contributed by atoms with Gasteiger partial charge in [-0.25, -0.2) is 4.98 Å². The van der Waals surface area contributed by atoms with Gasteiger partial charge in [0.2, 0.25) is 5.91 Å². The number of methoxy groups -OCH3 is 1. The maximum Gasteiger partial charge on any atom is 0.271 e. The molecule has 0 aliphatic heterocycles. The summed E-state index contributed by atoms with van der Waals surface area (Å²) in [5, 5.41) is 14.3. The summed E-state index contributed by atoms with van der Waals surface area (Å²) in [7, 11) is 1.42. The Balaban J connectivity index is 1.64. The zero-order chi connectivity index (χ0) is 24.4. The fraction of sp³-hybridized carbons (Fsp3) is 0.348. The molecule has 11 heteroatoms. The van der Waals surface area contributed by atoms with Crippen molar-refractivity contribution in [3.63, 3.8) is 0 Å². The van der Waals surface area contributed by atoms with E-state index in [0.717, 1.165) is 43.0 Å². The first-order valence-electron chi connectivity index (χ1n) is 10.8. The number of nitrogens with zero attached hydrogens (tertiary/aromatic N) is 3. The van der Waals surface area contributed by atoms with E-state index in [1.54, 1.807) is 28.9 Å². The molecule has 0 bridgehead atoms. The molecule has 3 aromatic rings. The number of carbonyl (C=O) groups excluding carboxylic acids is 1. The van der Waals surface area contributed by atoms with Gasteiger partial charge in [-0.05, 0) is 44.2 Å². The van der Waals surface area contributed by atoms with Crippen molar-refractivity contribution in [1.82, 2.24) is 9.55 Å². The van der Waals surface area contributed by atoms with E-state index in [1.165, 1.54) is 30.2 Å². The van der Waals surface area contributed by atoms with Crippen molar-refractivity contribution in [3.8, 4) is 5.75 Å². The molecule has 1 amide bonds. The smallest absolute Gasteiger partial charge is 0.271 e. The van der Waals surface area contributed by atoms with E-state index in [1.807, 2.05) is 0 Å². The Bertz CT molecular complexity index is 1350. The number of allylic oxidation sites excluding steroid dienone is 1. The number of non-ortho nitro benzene ring substituents is 1. The lowest BCUT2D eigenvalue weighted by Crippen LogP contribution is -2.27. The number of anilines is 1. The van der Waals surface area contributed by atoms with Gasteiger partial charge in [0, 0.05) is 23.6 Å². The monoisotopic (exact) mass is 500 g/mol. The molecule has 1 aliphatic rings. The summed E-state index contributed by atoms with van der Waals surface area (Å²) < 4.78 is 6.78. The molecular formula is C23H24N4O5S2. The topological polar surface area (TPSA) is 116 Å². The molecule has 9 nitrogen and oxygen atoms in total. The van der Waals surface area contributed by atoms with Crippen molar-refractivity contribution in [1.29, 1.82) is 0 Å². The number of carbonyl (C=O) groups is 1. The van der Waals surface area contributed by atoms with Crippen LogP contribution < -0.4 is 15.6 Å². The first-order valence-corrected chi connectivity index (χ1v) is 12.5. The average molecular weight is 501 g/mol. The Morgan fingerprint density at radius 3 is 2.91 bits per heavy atom. The Kier molecular flexibility index (Phi) is 7.03. The van der Waals surface area contributed by atoms with E-state index < -0.39 is 16.1 Å². The van der Waals surface area contributed by atoms with Crippen LogP contribution >= 0.6 is 23.1 Å². The summed E-state index contributed by atoms with van der Waals surface area (Å²) in [6.45, 7) is 5.73. The third-order valence-electron chi connectivity index (χ3n) is 5.65. The normalized spacial score (nSPS) is 13.8. The highest BCUT2D eigenvalue weighted by Crippen LogP contribution is 2.35. The zero-order valence-corrected chi connectivity index (χ0v) is 20.5. The summed E-state index contributed by atoms with van der Waals surface area (Å²) in [5.74, 6) is -0.0859. The summed E-state index contributed by atoms with van der Waals surface area (Å²) in [6.07, 6.45) is 5.66. The van der Waals surface area contributed by atoms with Gasteiger partial charge in [-0.1, -0.05) is 17.8 Å². The molecule has 0 fully saturated rings. The van der Waals surface area contributed by atoms with Crippen LogP contribution in [0.3, 0.4) is 0 Å². The standard InChI is InChI=1S/C23H24N4O5S2/c1-4-11-26-22(29)19-15-7-5-6-8-18(15)34-21(19)25-23(26)33-13(2)20(28)24-16-12-14(27(30)31)9-10-17(16)32-3/h4,9-10,12-13H,1,5-8,11H2,2-3H3,(H,24,28). The summed E-state index contributed by atoms with van der Waals surface area (Å²) in [6, 6.07) is 3.99. The number of ether oxygens (including phenoxy) is 1. The van der Waals surface area contributed by atoms with Crippen molar-refractivity contribution in [3.05, 3.63) is 61.8 Å². The summed E-state index contributed by atoms with van der Waals surface area (Å²) >= 11 is 2.72. The van der Waals surface area contributed by atoms with Crippen molar-refractivity contribution >= 4 is 50.6 Å². The van der Waals surface area contributed by atoms with Crippen molar-refractivity contribution in [2.75, 3.05) is 12.4 Å². The van der Waals surface area contributed by atoms with Gasteiger partial charge in [-0.2, -0.15) is 0 Å². The van der Waals surface area contributed by atoms with Crippen molar-refractivity contribution < 1.29 is 14.5 Å². The van der Waals surface area contributed by atoms with Crippen LogP contribution in [0.2, 0.25) is 0 Å². The van der Waals surface area contributed by atoms with Gasteiger partial charge in [0.05, 0.1) is 28.4 Å². The van der Waals surface area contributed by atoms with Crippen molar-refractivity contribution in [2.45, 2.75) is 49.6 Å². The molecule has 1 unspecified atom stereocenters. The van der Waals surface area contributed by atoms with Gasteiger partial charge >= 0.3 is 0 Å².